The molecular formula is C28H29N5O4. The third kappa shape index (κ3) is 5.26. The number of methoxy groups -OCH3 is 2. The molecule has 0 bridgehead atoms. The second kappa shape index (κ2) is 10.7. The summed E-state index contributed by atoms with van der Waals surface area (Å²) in [5.41, 5.74) is 2.79. The first-order valence-corrected chi connectivity index (χ1v) is 12.1. The summed E-state index contributed by atoms with van der Waals surface area (Å²) in [6.45, 7) is 1.04. The lowest BCUT2D eigenvalue weighted by Crippen LogP contribution is -2.23. The van der Waals surface area contributed by atoms with Crippen LogP contribution >= 0.6 is 0 Å². The van der Waals surface area contributed by atoms with E-state index >= 15 is 0 Å². The van der Waals surface area contributed by atoms with E-state index in [0.717, 1.165) is 30.7 Å². The minimum atomic E-state index is -0.225. The maximum Gasteiger partial charge on any atom is 0.248 e. The monoisotopic (exact) mass is 499 g/mol. The van der Waals surface area contributed by atoms with Crippen molar-refractivity contribution in [2.45, 2.75) is 18.9 Å². The SMILES string of the molecule is COc1cc2ncnc(Nc3cc(-c4ccco4)ccc3OC)c2cc1NC(=O)/C=C/[C@H]1CCCN1C. The van der Waals surface area contributed by atoms with E-state index in [1.165, 1.54) is 6.33 Å². The summed E-state index contributed by atoms with van der Waals surface area (Å²) in [7, 11) is 5.24. The zero-order chi connectivity index (χ0) is 25.8. The Kier molecular flexibility index (Phi) is 7.04. The molecule has 37 heavy (non-hydrogen) atoms. The van der Waals surface area contributed by atoms with Gasteiger partial charge in [0.15, 0.2) is 0 Å². The lowest BCUT2D eigenvalue weighted by atomic mass is 10.1. The van der Waals surface area contributed by atoms with Gasteiger partial charge < -0.3 is 24.5 Å². The fourth-order valence-corrected chi connectivity index (χ4v) is 4.53. The highest BCUT2D eigenvalue weighted by atomic mass is 16.5. The number of carbonyl (C=O) groups excluding carboxylic acids is 1. The van der Waals surface area contributed by atoms with Crippen LogP contribution in [-0.4, -0.2) is 54.6 Å². The van der Waals surface area contributed by atoms with Gasteiger partial charge in [0.2, 0.25) is 5.91 Å². The summed E-state index contributed by atoms with van der Waals surface area (Å²) < 4.78 is 16.7. The molecule has 1 amide bonds. The van der Waals surface area contributed by atoms with E-state index in [9.17, 15) is 4.79 Å². The van der Waals surface area contributed by atoms with Crippen LogP contribution in [-0.2, 0) is 4.79 Å². The van der Waals surface area contributed by atoms with Crippen molar-refractivity contribution in [1.29, 1.82) is 0 Å². The van der Waals surface area contributed by atoms with E-state index in [1.54, 1.807) is 32.6 Å². The molecule has 2 aromatic carbocycles. The van der Waals surface area contributed by atoms with Gasteiger partial charge in [-0.2, -0.15) is 0 Å². The van der Waals surface area contributed by atoms with Crippen LogP contribution in [0, 0.1) is 0 Å². The van der Waals surface area contributed by atoms with Gasteiger partial charge in [-0.05, 0) is 62.8 Å². The van der Waals surface area contributed by atoms with Crippen LogP contribution in [0.1, 0.15) is 12.8 Å². The summed E-state index contributed by atoms with van der Waals surface area (Å²) in [5.74, 6) is 2.23. The van der Waals surface area contributed by atoms with Gasteiger partial charge in [0.1, 0.15) is 29.4 Å². The molecule has 1 aliphatic rings. The number of likely N-dealkylation sites (N-methyl/N-ethyl adjacent to an activating group) is 1. The molecule has 0 saturated carbocycles. The lowest BCUT2D eigenvalue weighted by molar-refractivity contribution is -0.111. The molecule has 1 fully saturated rings. The molecule has 1 aliphatic heterocycles. The van der Waals surface area contributed by atoms with Gasteiger partial charge in [-0.3, -0.25) is 9.69 Å². The second-order valence-electron chi connectivity index (χ2n) is 8.85. The van der Waals surface area contributed by atoms with E-state index in [-0.39, 0.29) is 11.9 Å². The van der Waals surface area contributed by atoms with Crippen molar-refractivity contribution in [3.8, 4) is 22.8 Å². The number of amides is 1. The van der Waals surface area contributed by atoms with Gasteiger partial charge in [0, 0.05) is 29.1 Å². The zero-order valence-electron chi connectivity index (χ0n) is 21.0. The number of anilines is 3. The molecule has 1 saturated heterocycles. The summed E-state index contributed by atoms with van der Waals surface area (Å²) in [6.07, 6.45) is 8.83. The van der Waals surface area contributed by atoms with Crippen molar-refractivity contribution in [1.82, 2.24) is 14.9 Å². The van der Waals surface area contributed by atoms with E-state index in [2.05, 4.69) is 32.5 Å². The first-order chi connectivity index (χ1) is 18.1. The standard InChI is InChI=1S/C28H29N5O4/c1-33-12-4-6-19(33)9-11-27(34)31-23-15-20-21(16-26(23)36-3)29-17-30-28(20)32-22-14-18(8-10-25(22)35-2)24-7-5-13-37-24/h5,7-11,13-17,19H,4,6,12H2,1-3H3,(H,31,34)(H,29,30,32)/b11-9+/t19-/m1/s1. The van der Waals surface area contributed by atoms with Crippen LogP contribution in [0.25, 0.3) is 22.2 Å². The van der Waals surface area contributed by atoms with Gasteiger partial charge in [-0.15, -0.1) is 0 Å². The maximum absolute atomic E-state index is 12.7. The third-order valence-corrected chi connectivity index (χ3v) is 6.52. The Morgan fingerprint density at radius 2 is 1.97 bits per heavy atom. The molecule has 0 radical (unpaired) electrons. The lowest BCUT2D eigenvalue weighted by Gasteiger charge is -2.16. The normalized spacial score (nSPS) is 15.8. The number of nitrogens with one attached hydrogen (secondary N) is 2. The number of hydrogen-bond acceptors (Lipinski definition) is 8. The number of aromatic nitrogens is 2. The van der Waals surface area contributed by atoms with Crippen LogP contribution in [0.5, 0.6) is 11.5 Å². The maximum atomic E-state index is 12.7. The summed E-state index contributed by atoms with van der Waals surface area (Å²) >= 11 is 0. The Hall–Kier alpha value is -4.37. The Morgan fingerprint density at radius 3 is 2.70 bits per heavy atom. The molecular weight excluding hydrogens is 470 g/mol. The number of benzene rings is 2. The molecule has 0 aliphatic carbocycles. The molecule has 3 heterocycles. The van der Waals surface area contributed by atoms with Gasteiger partial charge >= 0.3 is 0 Å². The Balaban J connectivity index is 1.46. The first kappa shape index (κ1) is 24.3. The summed E-state index contributed by atoms with van der Waals surface area (Å²) in [5, 5.41) is 7.02. The predicted molar refractivity (Wildman–Crippen MR) is 143 cm³/mol. The third-order valence-electron chi connectivity index (χ3n) is 6.52. The predicted octanol–water partition coefficient (Wildman–Crippen LogP) is 5.24. The minimum Gasteiger partial charge on any atom is -0.495 e. The molecule has 4 aromatic rings. The van der Waals surface area contributed by atoms with Crippen molar-refractivity contribution >= 4 is 34.0 Å². The Morgan fingerprint density at radius 1 is 1.11 bits per heavy atom. The molecule has 5 rings (SSSR count). The first-order valence-electron chi connectivity index (χ1n) is 12.1. The van der Waals surface area contributed by atoms with Crippen molar-refractivity contribution in [2.24, 2.45) is 0 Å². The van der Waals surface area contributed by atoms with Gasteiger partial charge in [0.25, 0.3) is 0 Å². The van der Waals surface area contributed by atoms with Crippen LogP contribution in [0.15, 0.2) is 71.6 Å². The number of ether oxygens (including phenoxy) is 2. The fourth-order valence-electron chi connectivity index (χ4n) is 4.53. The highest BCUT2D eigenvalue weighted by Gasteiger charge is 2.18. The van der Waals surface area contributed by atoms with Crippen molar-refractivity contribution < 1.29 is 18.7 Å². The van der Waals surface area contributed by atoms with Crippen molar-refractivity contribution in [3.05, 3.63) is 67.2 Å². The molecule has 2 aromatic heterocycles. The number of fused-ring (bicyclic) bond motifs is 1. The Labute approximate surface area is 215 Å². The van der Waals surface area contributed by atoms with Crippen LogP contribution in [0.2, 0.25) is 0 Å². The van der Waals surface area contributed by atoms with E-state index in [1.807, 2.05) is 42.5 Å². The van der Waals surface area contributed by atoms with Crippen LogP contribution < -0.4 is 20.1 Å². The molecule has 190 valence electrons. The Bertz CT molecular complexity index is 1430. The molecule has 0 spiro atoms. The average molecular weight is 500 g/mol. The van der Waals surface area contributed by atoms with Crippen molar-refractivity contribution in [3.63, 3.8) is 0 Å². The number of nitrogens with zero attached hydrogens (tertiary/aromatic N) is 3. The number of hydrogen-bond donors (Lipinski definition) is 2. The zero-order valence-corrected chi connectivity index (χ0v) is 21.0. The topological polar surface area (TPSA) is 102 Å². The summed E-state index contributed by atoms with van der Waals surface area (Å²) in [4.78, 5) is 23.9. The van der Waals surface area contributed by atoms with Crippen LogP contribution in [0.3, 0.4) is 0 Å². The molecule has 9 heteroatoms. The van der Waals surface area contributed by atoms with Gasteiger partial charge in [0.05, 0.1) is 37.4 Å². The highest BCUT2D eigenvalue weighted by molar-refractivity contribution is 6.03. The fraction of sp³-hybridized carbons (Fsp3) is 0.250. The average Bonchev–Trinajstić information content (AvgIpc) is 3.59. The molecule has 9 nitrogen and oxygen atoms in total. The molecule has 0 unspecified atom stereocenters. The number of likely N-dealkylation sites (tertiary alicyclic amines) is 1. The smallest absolute Gasteiger partial charge is 0.248 e. The van der Waals surface area contributed by atoms with Gasteiger partial charge in [-0.25, -0.2) is 9.97 Å². The van der Waals surface area contributed by atoms with Gasteiger partial charge in [-0.1, -0.05) is 6.08 Å². The van der Waals surface area contributed by atoms with E-state index in [4.69, 9.17) is 13.9 Å². The van der Waals surface area contributed by atoms with Crippen LogP contribution in [0.4, 0.5) is 17.2 Å². The summed E-state index contributed by atoms with van der Waals surface area (Å²) in [6, 6.07) is 13.3. The number of furan rings is 1. The number of carbonyl (C=O) groups is 1. The molecule has 2 N–H and O–H groups in total. The largest absolute Gasteiger partial charge is 0.495 e. The number of rotatable bonds is 8. The molecule has 1 atom stereocenters. The second-order valence-corrected chi connectivity index (χ2v) is 8.85. The highest BCUT2D eigenvalue weighted by Crippen LogP contribution is 2.36. The van der Waals surface area contributed by atoms with E-state index < -0.39 is 0 Å². The van der Waals surface area contributed by atoms with E-state index in [0.29, 0.717) is 39.6 Å². The van der Waals surface area contributed by atoms with Crippen molar-refractivity contribution in [2.75, 3.05) is 38.4 Å². The minimum absolute atomic E-state index is 0.225. The quantitative estimate of drug-likeness (QED) is 0.318.